The minimum atomic E-state index is -0.749. The zero-order valence-electron chi connectivity index (χ0n) is 12.1. The maximum atomic E-state index is 13.0. The van der Waals surface area contributed by atoms with Crippen LogP contribution in [0.4, 0.5) is 4.39 Å². The topological polar surface area (TPSA) is 58.6 Å². The molecule has 2 rings (SSSR count). The van der Waals surface area contributed by atoms with Gasteiger partial charge in [0.1, 0.15) is 11.6 Å². The minimum absolute atomic E-state index is 0.0188. The van der Waals surface area contributed by atoms with E-state index in [0.717, 1.165) is 6.42 Å². The van der Waals surface area contributed by atoms with Gasteiger partial charge in [-0.15, -0.1) is 0 Å². The van der Waals surface area contributed by atoms with Crippen LogP contribution in [0.1, 0.15) is 19.8 Å². The van der Waals surface area contributed by atoms with Crippen LogP contribution in [0.25, 0.3) is 0 Å². The molecule has 0 radical (unpaired) electrons. The van der Waals surface area contributed by atoms with Gasteiger partial charge in [0.25, 0.3) is 5.91 Å². The van der Waals surface area contributed by atoms with Gasteiger partial charge in [0.2, 0.25) is 5.91 Å². The summed E-state index contributed by atoms with van der Waals surface area (Å²) in [4.78, 5) is 25.3. The Morgan fingerprint density at radius 2 is 2.29 bits per heavy atom. The highest BCUT2D eigenvalue weighted by Crippen LogP contribution is 2.15. The molecule has 0 spiro atoms. The molecule has 2 atom stereocenters. The highest BCUT2D eigenvalue weighted by atomic mass is 19.1. The van der Waals surface area contributed by atoms with E-state index >= 15 is 0 Å². The molecule has 0 aromatic heterocycles. The predicted molar refractivity (Wildman–Crippen MR) is 75.3 cm³/mol. The van der Waals surface area contributed by atoms with Crippen LogP contribution in [0.3, 0.4) is 0 Å². The maximum absolute atomic E-state index is 13.0. The van der Waals surface area contributed by atoms with E-state index in [0.29, 0.717) is 18.7 Å². The lowest BCUT2D eigenvalue weighted by Crippen LogP contribution is -2.49. The van der Waals surface area contributed by atoms with E-state index in [-0.39, 0.29) is 17.9 Å². The number of benzene rings is 1. The van der Waals surface area contributed by atoms with Crippen LogP contribution in [0.2, 0.25) is 0 Å². The standard InChI is InChI=1S/C15H19FN2O3/c1-10(21-13-5-3-4-11(16)8-13)15(20)17-12-6-7-18(2)14(19)9-12/h3-5,8,10,12H,6-7,9H2,1-2H3,(H,17,20)/t10-,12+/m1/s1. The van der Waals surface area contributed by atoms with Crippen molar-refractivity contribution in [3.63, 3.8) is 0 Å². The molecule has 1 aromatic rings. The lowest BCUT2D eigenvalue weighted by Gasteiger charge is -2.30. The van der Waals surface area contributed by atoms with Gasteiger partial charge in [-0.1, -0.05) is 6.07 Å². The van der Waals surface area contributed by atoms with E-state index in [2.05, 4.69) is 5.32 Å². The number of piperidine rings is 1. The first-order valence-corrected chi connectivity index (χ1v) is 6.92. The van der Waals surface area contributed by atoms with Crippen molar-refractivity contribution in [3.05, 3.63) is 30.1 Å². The fourth-order valence-corrected chi connectivity index (χ4v) is 2.18. The van der Waals surface area contributed by atoms with Crippen LogP contribution in [0.5, 0.6) is 5.75 Å². The Morgan fingerprint density at radius 3 is 2.95 bits per heavy atom. The fraction of sp³-hybridized carbons (Fsp3) is 0.467. The quantitative estimate of drug-likeness (QED) is 0.911. The van der Waals surface area contributed by atoms with E-state index in [4.69, 9.17) is 4.74 Å². The summed E-state index contributed by atoms with van der Waals surface area (Å²) in [6.45, 7) is 2.22. The highest BCUT2D eigenvalue weighted by molar-refractivity contribution is 5.83. The van der Waals surface area contributed by atoms with E-state index in [9.17, 15) is 14.0 Å². The number of rotatable bonds is 4. The summed E-state index contributed by atoms with van der Waals surface area (Å²) < 4.78 is 18.4. The molecule has 0 aliphatic carbocycles. The monoisotopic (exact) mass is 294 g/mol. The molecule has 0 saturated carbocycles. The van der Waals surface area contributed by atoms with E-state index in [1.807, 2.05) is 0 Å². The van der Waals surface area contributed by atoms with Crippen molar-refractivity contribution in [2.24, 2.45) is 0 Å². The van der Waals surface area contributed by atoms with Crippen molar-refractivity contribution in [2.75, 3.05) is 13.6 Å². The number of hydrogen-bond acceptors (Lipinski definition) is 3. The first-order chi connectivity index (χ1) is 9.95. The molecule has 6 heteroatoms. The summed E-state index contributed by atoms with van der Waals surface area (Å²) >= 11 is 0. The zero-order valence-corrected chi connectivity index (χ0v) is 12.1. The van der Waals surface area contributed by atoms with Gasteiger partial charge in [0.15, 0.2) is 6.10 Å². The van der Waals surface area contributed by atoms with Crippen molar-refractivity contribution in [2.45, 2.75) is 31.9 Å². The molecule has 21 heavy (non-hydrogen) atoms. The largest absolute Gasteiger partial charge is 0.481 e. The Balaban J connectivity index is 1.86. The Labute approximate surface area is 123 Å². The third kappa shape index (κ3) is 4.18. The molecule has 1 saturated heterocycles. The maximum Gasteiger partial charge on any atom is 0.261 e. The molecule has 1 aliphatic rings. The van der Waals surface area contributed by atoms with Crippen LogP contribution in [0, 0.1) is 5.82 Å². The number of ether oxygens (including phenoxy) is 1. The zero-order chi connectivity index (χ0) is 15.4. The van der Waals surface area contributed by atoms with Gasteiger partial charge in [-0.05, 0) is 25.5 Å². The summed E-state index contributed by atoms with van der Waals surface area (Å²) in [6, 6.07) is 5.47. The Bertz CT molecular complexity index is 535. The number of likely N-dealkylation sites (tertiary alicyclic amines) is 1. The van der Waals surface area contributed by atoms with E-state index in [1.54, 1.807) is 24.9 Å². The molecular weight excluding hydrogens is 275 g/mol. The highest BCUT2D eigenvalue weighted by Gasteiger charge is 2.26. The van der Waals surface area contributed by atoms with Crippen molar-refractivity contribution in [1.82, 2.24) is 10.2 Å². The Morgan fingerprint density at radius 1 is 1.52 bits per heavy atom. The summed E-state index contributed by atoms with van der Waals surface area (Å²) in [6.07, 6.45) is 0.275. The number of amides is 2. The first kappa shape index (κ1) is 15.3. The molecule has 1 aliphatic heterocycles. The second-order valence-electron chi connectivity index (χ2n) is 5.23. The number of nitrogens with zero attached hydrogens (tertiary/aromatic N) is 1. The fourth-order valence-electron chi connectivity index (χ4n) is 2.18. The normalized spacial score (nSPS) is 20.0. The lowest BCUT2D eigenvalue weighted by molar-refractivity contribution is -0.134. The third-order valence-corrected chi connectivity index (χ3v) is 3.48. The van der Waals surface area contributed by atoms with E-state index in [1.165, 1.54) is 18.2 Å². The van der Waals surface area contributed by atoms with Gasteiger partial charge >= 0.3 is 0 Å². The van der Waals surface area contributed by atoms with Gasteiger partial charge in [-0.2, -0.15) is 0 Å². The predicted octanol–water partition coefficient (Wildman–Crippen LogP) is 1.33. The lowest BCUT2D eigenvalue weighted by atomic mass is 10.0. The Kier molecular flexibility index (Phi) is 4.77. The average Bonchev–Trinajstić information content (AvgIpc) is 2.43. The summed E-state index contributed by atoms with van der Waals surface area (Å²) in [5.74, 6) is -0.398. The SMILES string of the molecule is C[C@@H](Oc1cccc(F)c1)C(=O)N[C@H]1CCN(C)C(=O)C1. The van der Waals surface area contributed by atoms with Gasteiger partial charge in [0, 0.05) is 32.1 Å². The van der Waals surface area contributed by atoms with Crippen molar-refractivity contribution < 1.29 is 18.7 Å². The van der Waals surface area contributed by atoms with Gasteiger partial charge < -0.3 is 15.0 Å². The third-order valence-electron chi connectivity index (χ3n) is 3.48. The van der Waals surface area contributed by atoms with E-state index < -0.39 is 11.9 Å². The number of nitrogens with one attached hydrogen (secondary N) is 1. The second-order valence-corrected chi connectivity index (χ2v) is 5.23. The number of carbonyl (C=O) groups excluding carboxylic acids is 2. The van der Waals surface area contributed by atoms with Gasteiger partial charge in [-0.3, -0.25) is 9.59 Å². The first-order valence-electron chi connectivity index (χ1n) is 6.92. The molecule has 1 fully saturated rings. The molecular formula is C15H19FN2O3. The minimum Gasteiger partial charge on any atom is -0.481 e. The number of carbonyl (C=O) groups is 2. The molecule has 0 bridgehead atoms. The van der Waals surface area contributed by atoms with Crippen molar-refractivity contribution >= 4 is 11.8 Å². The smallest absolute Gasteiger partial charge is 0.261 e. The molecule has 1 aromatic carbocycles. The van der Waals surface area contributed by atoms with Gasteiger partial charge in [-0.25, -0.2) is 4.39 Å². The van der Waals surface area contributed by atoms with Crippen LogP contribution < -0.4 is 10.1 Å². The number of hydrogen-bond donors (Lipinski definition) is 1. The molecule has 2 amide bonds. The van der Waals surface area contributed by atoms with Crippen LogP contribution in [0.15, 0.2) is 24.3 Å². The van der Waals surface area contributed by atoms with Crippen molar-refractivity contribution in [1.29, 1.82) is 0 Å². The summed E-state index contributed by atoms with van der Waals surface area (Å²) in [7, 11) is 1.75. The Hall–Kier alpha value is -2.11. The van der Waals surface area contributed by atoms with Gasteiger partial charge in [0.05, 0.1) is 0 Å². The summed E-state index contributed by atoms with van der Waals surface area (Å²) in [5.41, 5.74) is 0. The molecule has 1 heterocycles. The van der Waals surface area contributed by atoms with Crippen LogP contribution >= 0.6 is 0 Å². The van der Waals surface area contributed by atoms with Crippen molar-refractivity contribution in [3.8, 4) is 5.75 Å². The number of halogens is 1. The molecule has 5 nitrogen and oxygen atoms in total. The second kappa shape index (κ2) is 6.56. The van der Waals surface area contributed by atoms with Crippen LogP contribution in [-0.4, -0.2) is 42.5 Å². The molecule has 1 N–H and O–H groups in total. The molecule has 114 valence electrons. The summed E-state index contributed by atoms with van der Waals surface area (Å²) in [5, 5.41) is 2.80. The average molecular weight is 294 g/mol. The van der Waals surface area contributed by atoms with Crippen LogP contribution in [-0.2, 0) is 9.59 Å². The molecule has 0 unspecified atom stereocenters.